The van der Waals surface area contributed by atoms with Crippen molar-refractivity contribution in [2.45, 2.75) is 6.54 Å². The van der Waals surface area contributed by atoms with Crippen molar-refractivity contribution < 1.29 is 13.6 Å². The number of amides is 1. The summed E-state index contributed by atoms with van der Waals surface area (Å²) in [5.74, 6) is -2.35. The van der Waals surface area contributed by atoms with E-state index in [0.717, 1.165) is 12.1 Å². The third-order valence-electron chi connectivity index (χ3n) is 1.73. The largest absolute Gasteiger partial charge is 0.352 e. The van der Waals surface area contributed by atoms with Gasteiger partial charge in [0, 0.05) is 19.0 Å². The van der Waals surface area contributed by atoms with Crippen molar-refractivity contribution in [3.05, 3.63) is 41.8 Å². The molecule has 0 aliphatic carbocycles. The van der Waals surface area contributed by atoms with Crippen molar-refractivity contribution in [3.63, 3.8) is 0 Å². The standard InChI is InChI=1S/C10H7F2N2O/c1-6(15)14-5-8-9(11)2-7(4-13)3-10(8)12/h2-3H,1,5H2,(H,14,15). The number of rotatable bonds is 2. The molecular formula is C10H7F2N2O. The van der Waals surface area contributed by atoms with Gasteiger partial charge in [-0.2, -0.15) is 5.26 Å². The zero-order chi connectivity index (χ0) is 11.4. The fraction of sp³-hybridized carbons (Fsp3) is 0.100. The lowest BCUT2D eigenvalue weighted by atomic mass is 10.1. The van der Waals surface area contributed by atoms with E-state index in [2.05, 4.69) is 12.2 Å². The van der Waals surface area contributed by atoms with E-state index in [4.69, 9.17) is 5.26 Å². The molecule has 0 spiro atoms. The second kappa shape index (κ2) is 4.51. The van der Waals surface area contributed by atoms with Crippen LogP contribution in [0.3, 0.4) is 0 Å². The van der Waals surface area contributed by atoms with Crippen LogP contribution in [0.1, 0.15) is 11.1 Å². The van der Waals surface area contributed by atoms with Crippen LogP contribution in [0.5, 0.6) is 0 Å². The molecule has 3 nitrogen and oxygen atoms in total. The van der Waals surface area contributed by atoms with Crippen molar-refractivity contribution in [3.8, 4) is 6.07 Å². The quantitative estimate of drug-likeness (QED) is 0.797. The molecule has 0 saturated heterocycles. The van der Waals surface area contributed by atoms with Crippen molar-refractivity contribution in [1.82, 2.24) is 5.32 Å². The van der Waals surface area contributed by atoms with Gasteiger partial charge in [-0.05, 0) is 12.1 Å². The van der Waals surface area contributed by atoms with E-state index >= 15 is 0 Å². The molecule has 0 aliphatic heterocycles. The molecule has 1 aromatic rings. The third kappa shape index (κ3) is 2.74. The molecule has 0 saturated carbocycles. The molecule has 15 heavy (non-hydrogen) atoms. The summed E-state index contributed by atoms with van der Waals surface area (Å²) in [6, 6.07) is 3.44. The molecule has 5 heteroatoms. The van der Waals surface area contributed by atoms with Crippen LogP contribution < -0.4 is 5.32 Å². The predicted octanol–water partition coefficient (Wildman–Crippen LogP) is 1.29. The number of benzene rings is 1. The average molecular weight is 209 g/mol. The molecule has 1 N–H and O–H groups in total. The number of halogens is 2. The van der Waals surface area contributed by atoms with Gasteiger partial charge in [-0.1, -0.05) is 0 Å². The lowest BCUT2D eigenvalue weighted by molar-refractivity contribution is -0.116. The van der Waals surface area contributed by atoms with E-state index in [1.165, 1.54) is 0 Å². The fourth-order valence-electron chi connectivity index (χ4n) is 1.02. The number of nitrogens with zero attached hydrogens (tertiary/aromatic N) is 1. The molecule has 1 aromatic carbocycles. The highest BCUT2D eigenvalue weighted by Crippen LogP contribution is 2.14. The zero-order valence-electron chi connectivity index (χ0n) is 7.68. The topological polar surface area (TPSA) is 52.9 Å². The van der Waals surface area contributed by atoms with Gasteiger partial charge in [-0.25, -0.2) is 8.78 Å². The van der Waals surface area contributed by atoms with Gasteiger partial charge in [0.15, 0.2) is 0 Å². The summed E-state index contributed by atoms with van der Waals surface area (Å²) >= 11 is 0. The number of hydrogen-bond donors (Lipinski definition) is 1. The van der Waals surface area contributed by atoms with Crippen molar-refractivity contribution in [2.24, 2.45) is 0 Å². The Hall–Kier alpha value is -1.96. The molecule has 0 atom stereocenters. The van der Waals surface area contributed by atoms with Crippen molar-refractivity contribution in [1.29, 1.82) is 5.26 Å². The monoisotopic (exact) mass is 209 g/mol. The van der Waals surface area contributed by atoms with E-state index in [1.54, 1.807) is 6.07 Å². The van der Waals surface area contributed by atoms with E-state index in [9.17, 15) is 13.6 Å². The fourth-order valence-corrected chi connectivity index (χ4v) is 1.02. The van der Waals surface area contributed by atoms with Gasteiger partial charge in [0.2, 0.25) is 5.91 Å². The second-order valence-electron chi connectivity index (χ2n) is 2.81. The first-order valence-electron chi connectivity index (χ1n) is 4.02. The highest BCUT2D eigenvalue weighted by Gasteiger charge is 2.11. The third-order valence-corrected chi connectivity index (χ3v) is 1.73. The normalized spacial score (nSPS) is 9.47. The van der Waals surface area contributed by atoms with Crippen LogP contribution in [0.4, 0.5) is 8.78 Å². The predicted molar refractivity (Wildman–Crippen MR) is 48.3 cm³/mol. The van der Waals surface area contributed by atoms with E-state index < -0.39 is 17.5 Å². The van der Waals surface area contributed by atoms with Gasteiger partial charge in [-0.3, -0.25) is 4.79 Å². The van der Waals surface area contributed by atoms with Crippen molar-refractivity contribution in [2.75, 3.05) is 0 Å². The highest BCUT2D eigenvalue weighted by atomic mass is 19.1. The maximum absolute atomic E-state index is 13.2. The lowest BCUT2D eigenvalue weighted by Crippen LogP contribution is -2.20. The molecule has 0 fully saturated rings. The Morgan fingerprint density at radius 1 is 1.47 bits per heavy atom. The highest BCUT2D eigenvalue weighted by molar-refractivity contribution is 5.79. The van der Waals surface area contributed by atoms with Gasteiger partial charge in [0.1, 0.15) is 11.6 Å². The molecule has 1 radical (unpaired) electrons. The number of nitrogens with one attached hydrogen (secondary N) is 1. The maximum Gasteiger partial charge on any atom is 0.220 e. The Labute approximate surface area is 85.3 Å². The van der Waals surface area contributed by atoms with Gasteiger partial charge < -0.3 is 5.32 Å². The first-order valence-corrected chi connectivity index (χ1v) is 4.02. The lowest BCUT2D eigenvalue weighted by Gasteiger charge is -2.05. The average Bonchev–Trinajstić information content (AvgIpc) is 2.15. The minimum absolute atomic E-state index is 0.102. The summed E-state index contributed by atoms with van der Waals surface area (Å²) in [6.07, 6.45) is 0. The van der Waals surface area contributed by atoms with Crippen LogP contribution in [0.2, 0.25) is 0 Å². The van der Waals surface area contributed by atoms with E-state index in [1.807, 2.05) is 0 Å². The first-order chi connectivity index (χ1) is 7.04. The zero-order valence-corrected chi connectivity index (χ0v) is 7.68. The first kappa shape index (κ1) is 11.1. The Balaban J connectivity index is 2.99. The van der Waals surface area contributed by atoms with Gasteiger partial charge in [0.25, 0.3) is 0 Å². The van der Waals surface area contributed by atoms with E-state index in [0.29, 0.717) is 0 Å². The minimum Gasteiger partial charge on any atom is -0.352 e. The molecular weight excluding hydrogens is 202 g/mol. The Morgan fingerprint density at radius 2 is 2.00 bits per heavy atom. The minimum atomic E-state index is -0.861. The number of carbonyl (C=O) groups excluding carboxylic acids is 1. The van der Waals surface area contributed by atoms with Crippen LogP contribution in [-0.4, -0.2) is 5.91 Å². The van der Waals surface area contributed by atoms with Gasteiger partial charge in [-0.15, -0.1) is 0 Å². The Bertz CT molecular complexity index is 415. The summed E-state index contributed by atoms with van der Waals surface area (Å²) < 4.78 is 26.4. The summed E-state index contributed by atoms with van der Waals surface area (Å²) in [5.41, 5.74) is -0.388. The molecule has 0 unspecified atom stereocenters. The molecule has 0 aromatic heterocycles. The second-order valence-corrected chi connectivity index (χ2v) is 2.81. The number of nitriles is 1. The van der Waals surface area contributed by atoms with E-state index in [-0.39, 0.29) is 17.7 Å². The molecule has 1 amide bonds. The Morgan fingerprint density at radius 3 is 2.40 bits per heavy atom. The summed E-state index contributed by atoms with van der Waals surface area (Å²) in [5, 5.41) is 10.6. The van der Waals surface area contributed by atoms with Crippen LogP contribution >= 0.6 is 0 Å². The Kier molecular flexibility index (Phi) is 3.34. The molecule has 0 aliphatic rings. The number of carbonyl (C=O) groups is 1. The van der Waals surface area contributed by atoms with Crippen LogP contribution in [0.25, 0.3) is 0 Å². The van der Waals surface area contributed by atoms with Crippen LogP contribution in [0, 0.1) is 29.9 Å². The summed E-state index contributed by atoms with van der Waals surface area (Å²) in [4.78, 5) is 10.4. The molecule has 0 heterocycles. The van der Waals surface area contributed by atoms with Crippen LogP contribution in [-0.2, 0) is 11.3 Å². The maximum atomic E-state index is 13.2. The van der Waals surface area contributed by atoms with Crippen molar-refractivity contribution >= 4 is 5.91 Å². The van der Waals surface area contributed by atoms with Gasteiger partial charge >= 0.3 is 0 Å². The smallest absolute Gasteiger partial charge is 0.220 e. The van der Waals surface area contributed by atoms with Crippen LogP contribution in [0.15, 0.2) is 12.1 Å². The SMILES string of the molecule is [CH2]C(=O)NCc1c(F)cc(C#N)cc1F. The molecule has 1 rings (SSSR count). The summed E-state index contributed by atoms with van der Waals surface area (Å²) in [7, 11) is 0. The molecule has 0 bridgehead atoms. The number of hydrogen-bond acceptors (Lipinski definition) is 2. The molecule has 77 valence electrons. The summed E-state index contributed by atoms with van der Waals surface area (Å²) in [6.45, 7) is 2.71. The van der Waals surface area contributed by atoms with Gasteiger partial charge in [0.05, 0.1) is 11.6 Å².